The van der Waals surface area contributed by atoms with Crippen molar-refractivity contribution in [3.63, 3.8) is 0 Å². The zero-order valence-corrected chi connectivity index (χ0v) is 18.7. The lowest BCUT2D eigenvalue weighted by atomic mass is 10.2. The van der Waals surface area contributed by atoms with E-state index in [0.29, 0.717) is 35.2 Å². The summed E-state index contributed by atoms with van der Waals surface area (Å²) < 4.78 is 7.80. The molecule has 32 heavy (non-hydrogen) atoms. The van der Waals surface area contributed by atoms with Crippen molar-refractivity contribution in [2.45, 2.75) is 26.2 Å². The Labute approximate surface area is 191 Å². The summed E-state index contributed by atoms with van der Waals surface area (Å²) in [6.07, 6.45) is -0.837. The number of halogens is 1. The third-order valence-corrected chi connectivity index (χ3v) is 5.60. The molecule has 0 radical (unpaired) electrons. The van der Waals surface area contributed by atoms with E-state index in [9.17, 15) is 15.0 Å². The molecule has 0 fully saturated rings. The number of fused-ring (bicyclic) bond motifs is 1. The number of benzene rings is 2. The monoisotopic (exact) mass is 456 g/mol. The number of anilines is 1. The Bertz CT molecular complexity index is 1120. The highest BCUT2D eigenvalue weighted by Gasteiger charge is 2.40. The molecule has 168 valence electrons. The summed E-state index contributed by atoms with van der Waals surface area (Å²) in [6.45, 7) is 2.41. The van der Waals surface area contributed by atoms with Crippen LogP contribution in [0.25, 0.3) is 0 Å². The first-order chi connectivity index (χ1) is 15.4. The second kappa shape index (κ2) is 9.20. The molecule has 1 aliphatic rings. The van der Waals surface area contributed by atoms with Crippen molar-refractivity contribution in [2.24, 2.45) is 0 Å². The van der Waals surface area contributed by atoms with Crippen LogP contribution >= 0.6 is 11.6 Å². The lowest BCUT2D eigenvalue weighted by molar-refractivity contribution is 0.00112. The van der Waals surface area contributed by atoms with Gasteiger partial charge in [-0.1, -0.05) is 35.9 Å². The van der Waals surface area contributed by atoms with Crippen LogP contribution in [-0.4, -0.2) is 57.1 Å². The summed E-state index contributed by atoms with van der Waals surface area (Å²) in [5.41, 5.74) is 2.25. The molecule has 0 spiro atoms. The van der Waals surface area contributed by atoms with Gasteiger partial charge in [0, 0.05) is 25.2 Å². The molecule has 1 amide bonds. The summed E-state index contributed by atoms with van der Waals surface area (Å²) in [4.78, 5) is 20.8. The smallest absolute Gasteiger partial charge is 0.304 e. The van der Waals surface area contributed by atoms with E-state index in [1.165, 1.54) is 9.80 Å². The van der Waals surface area contributed by atoms with Crippen molar-refractivity contribution in [3.8, 4) is 11.8 Å². The van der Waals surface area contributed by atoms with E-state index in [1.54, 1.807) is 23.7 Å². The average molecular weight is 457 g/mol. The number of carbonyl (C=O) groups is 1. The van der Waals surface area contributed by atoms with E-state index in [1.807, 2.05) is 43.3 Å². The number of aliphatic hydroxyl groups excluding tert-OH is 2. The maximum absolute atomic E-state index is 13.4. The molecule has 1 atom stereocenters. The van der Waals surface area contributed by atoms with Gasteiger partial charge in [0.2, 0.25) is 6.35 Å². The van der Waals surface area contributed by atoms with E-state index in [0.717, 1.165) is 11.1 Å². The predicted molar refractivity (Wildman–Crippen MR) is 121 cm³/mol. The third-order valence-electron chi connectivity index (χ3n) is 5.35. The Morgan fingerprint density at radius 3 is 2.62 bits per heavy atom. The zero-order valence-electron chi connectivity index (χ0n) is 17.9. The van der Waals surface area contributed by atoms with Crippen molar-refractivity contribution in [2.75, 3.05) is 25.1 Å². The van der Waals surface area contributed by atoms with Crippen LogP contribution in [0.15, 0.2) is 48.5 Å². The van der Waals surface area contributed by atoms with Gasteiger partial charge in [-0.15, -0.1) is 0 Å². The summed E-state index contributed by atoms with van der Waals surface area (Å²) in [7, 11) is 1.66. The highest BCUT2D eigenvalue weighted by Crippen LogP contribution is 2.35. The lowest BCUT2D eigenvalue weighted by Gasteiger charge is -2.38. The molecule has 1 aromatic heterocycles. The highest BCUT2D eigenvalue weighted by molar-refractivity contribution is 6.30. The van der Waals surface area contributed by atoms with E-state index in [-0.39, 0.29) is 25.1 Å². The number of rotatable bonds is 7. The average Bonchev–Trinajstić information content (AvgIpc) is 3.12. The Balaban J connectivity index is 1.80. The molecule has 1 unspecified atom stereocenters. The molecule has 2 aromatic carbocycles. The Morgan fingerprint density at radius 2 is 1.94 bits per heavy atom. The van der Waals surface area contributed by atoms with Crippen LogP contribution in [0.4, 0.5) is 5.82 Å². The van der Waals surface area contributed by atoms with Gasteiger partial charge in [0.05, 0.1) is 6.54 Å². The Hall–Kier alpha value is -3.07. The van der Waals surface area contributed by atoms with Crippen molar-refractivity contribution in [3.05, 3.63) is 70.4 Å². The fourth-order valence-electron chi connectivity index (χ4n) is 3.68. The minimum Gasteiger partial charge on any atom is -0.425 e. The van der Waals surface area contributed by atoms with Crippen LogP contribution < -0.4 is 9.64 Å². The molecular weight excluding hydrogens is 432 g/mol. The van der Waals surface area contributed by atoms with Gasteiger partial charge >= 0.3 is 6.01 Å². The maximum atomic E-state index is 13.4. The van der Waals surface area contributed by atoms with Crippen LogP contribution in [-0.2, 0) is 6.54 Å². The van der Waals surface area contributed by atoms with Crippen LogP contribution in [0.5, 0.6) is 11.8 Å². The van der Waals surface area contributed by atoms with E-state index < -0.39 is 6.35 Å². The number of amides is 1. The van der Waals surface area contributed by atoms with Gasteiger partial charge in [-0.25, -0.2) is 0 Å². The van der Waals surface area contributed by atoms with E-state index in [2.05, 4.69) is 4.98 Å². The molecule has 2 N–H and O–H groups in total. The predicted octanol–water partition coefficient (Wildman–Crippen LogP) is 3.24. The fraction of sp³-hybridized carbons (Fsp3) is 0.304. The molecule has 0 saturated carbocycles. The quantitative estimate of drug-likeness (QED) is 0.567. The third kappa shape index (κ3) is 4.29. The molecule has 2 heterocycles. The molecule has 4 rings (SSSR count). The standard InChI is InChI=1S/C23H25ClN4O4/c1-15-5-3-6-18(13-15)32-22-25-20-19(28(22)14-16-7-9-17(24)10-8-16)21(30)27(11-4-12-29)23(31)26(20)2/h3,5-10,13,23,29,31H,4,11-12,14H2,1-2H3. The summed E-state index contributed by atoms with van der Waals surface area (Å²) in [6, 6.07) is 15.1. The minimum atomic E-state index is -1.19. The molecular formula is C23H25ClN4O4. The van der Waals surface area contributed by atoms with Gasteiger partial charge in [0.1, 0.15) is 5.75 Å². The second-order valence-corrected chi connectivity index (χ2v) is 8.17. The number of nitrogens with zero attached hydrogens (tertiary/aromatic N) is 4. The van der Waals surface area contributed by atoms with E-state index >= 15 is 0 Å². The van der Waals surface area contributed by atoms with Crippen LogP contribution in [0.3, 0.4) is 0 Å². The number of aryl methyl sites for hydroxylation is 1. The number of aromatic nitrogens is 2. The summed E-state index contributed by atoms with van der Waals surface area (Å²) >= 11 is 6.03. The first kappa shape index (κ1) is 22.1. The van der Waals surface area contributed by atoms with Gasteiger partial charge in [-0.2, -0.15) is 4.98 Å². The van der Waals surface area contributed by atoms with Gasteiger partial charge in [-0.05, 0) is 48.7 Å². The Kier molecular flexibility index (Phi) is 6.36. The SMILES string of the molecule is Cc1cccc(Oc2nc3c(n2Cc2ccc(Cl)cc2)C(=O)N(CCCO)C(O)N3C)c1. The molecule has 8 nitrogen and oxygen atoms in total. The van der Waals surface area contributed by atoms with Crippen molar-refractivity contribution in [1.82, 2.24) is 14.5 Å². The van der Waals surface area contributed by atoms with E-state index in [4.69, 9.17) is 16.3 Å². The minimum absolute atomic E-state index is 0.0845. The zero-order chi connectivity index (χ0) is 22.8. The topological polar surface area (TPSA) is 91.1 Å². The number of imidazole rings is 1. The normalized spacial score (nSPS) is 15.8. The molecule has 0 saturated heterocycles. The van der Waals surface area contributed by atoms with Crippen molar-refractivity contribution >= 4 is 23.3 Å². The van der Waals surface area contributed by atoms with Crippen LogP contribution in [0.1, 0.15) is 28.0 Å². The lowest BCUT2D eigenvalue weighted by Crippen LogP contribution is -2.54. The maximum Gasteiger partial charge on any atom is 0.304 e. The Morgan fingerprint density at radius 1 is 1.19 bits per heavy atom. The molecule has 3 aromatic rings. The van der Waals surface area contributed by atoms with Crippen LogP contribution in [0, 0.1) is 6.92 Å². The molecule has 1 aliphatic heterocycles. The molecule has 0 bridgehead atoms. The van der Waals surface area contributed by atoms with Gasteiger partial charge in [-0.3, -0.25) is 14.3 Å². The van der Waals surface area contributed by atoms with Gasteiger partial charge in [0.25, 0.3) is 5.91 Å². The summed E-state index contributed by atoms with van der Waals surface area (Å²) in [5.74, 6) is 0.552. The molecule has 9 heteroatoms. The first-order valence-electron chi connectivity index (χ1n) is 10.3. The van der Waals surface area contributed by atoms with Gasteiger partial charge < -0.3 is 19.8 Å². The van der Waals surface area contributed by atoms with Gasteiger partial charge in [0.15, 0.2) is 11.5 Å². The summed E-state index contributed by atoms with van der Waals surface area (Å²) in [5, 5.41) is 20.5. The number of aliphatic hydroxyl groups is 2. The fourth-order valence-corrected chi connectivity index (χ4v) is 3.80. The largest absolute Gasteiger partial charge is 0.425 e. The second-order valence-electron chi connectivity index (χ2n) is 7.73. The number of hydrogen-bond donors (Lipinski definition) is 2. The highest BCUT2D eigenvalue weighted by atomic mass is 35.5. The van der Waals surface area contributed by atoms with Crippen molar-refractivity contribution < 1.29 is 19.7 Å². The molecule has 0 aliphatic carbocycles. The van der Waals surface area contributed by atoms with Crippen molar-refractivity contribution in [1.29, 1.82) is 0 Å². The van der Waals surface area contributed by atoms with Crippen LogP contribution in [0.2, 0.25) is 5.02 Å². The number of carbonyl (C=O) groups excluding carboxylic acids is 1. The first-order valence-corrected chi connectivity index (χ1v) is 10.7. The number of hydrogen-bond acceptors (Lipinski definition) is 6. The number of ether oxygens (including phenoxy) is 1.